The van der Waals surface area contributed by atoms with E-state index in [4.69, 9.17) is 5.73 Å². The number of carbonyl (C=O) groups excluding carboxylic acids is 1. The van der Waals surface area contributed by atoms with E-state index in [0.29, 0.717) is 18.7 Å². The maximum absolute atomic E-state index is 12.3. The van der Waals surface area contributed by atoms with Gasteiger partial charge in [-0.05, 0) is 30.9 Å². The number of halogens is 3. The first-order valence-corrected chi connectivity index (χ1v) is 7.22. The lowest BCUT2D eigenvalue weighted by Crippen LogP contribution is -2.42. The Bertz CT molecular complexity index is 512. The van der Waals surface area contributed by atoms with Crippen LogP contribution in [0.15, 0.2) is 24.3 Å². The quantitative estimate of drug-likeness (QED) is 0.928. The fourth-order valence-corrected chi connectivity index (χ4v) is 2.48. The molecule has 1 aliphatic heterocycles. The van der Waals surface area contributed by atoms with Gasteiger partial charge in [0.15, 0.2) is 0 Å². The molecule has 2 rings (SSSR count). The first-order valence-electron chi connectivity index (χ1n) is 7.22. The van der Waals surface area contributed by atoms with Gasteiger partial charge in [-0.1, -0.05) is 18.2 Å². The number of alkyl halides is 3. The molecule has 0 aromatic heterocycles. The molecule has 122 valence electrons. The van der Waals surface area contributed by atoms with Gasteiger partial charge in [-0.25, -0.2) is 0 Å². The van der Waals surface area contributed by atoms with E-state index in [1.807, 2.05) is 0 Å². The smallest absolute Gasteiger partial charge is 0.406 e. The second-order valence-corrected chi connectivity index (χ2v) is 5.37. The van der Waals surface area contributed by atoms with Crippen molar-refractivity contribution in [3.05, 3.63) is 29.8 Å². The number of amides is 1. The molecule has 1 aromatic rings. The van der Waals surface area contributed by atoms with E-state index in [-0.39, 0.29) is 30.5 Å². The summed E-state index contributed by atoms with van der Waals surface area (Å²) >= 11 is 0. The monoisotopic (exact) mass is 316 g/mol. The molecule has 1 amide bonds. The van der Waals surface area contributed by atoms with Crippen LogP contribution < -0.4 is 10.5 Å². The van der Waals surface area contributed by atoms with Crippen LogP contribution in [0, 0.1) is 0 Å². The van der Waals surface area contributed by atoms with Crippen molar-refractivity contribution < 1.29 is 22.7 Å². The first-order chi connectivity index (χ1) is 10.3. The number of carbonyl (C=O) groups is 1. The molecule has 1 aromatic carbocycles. The summed E-state index contributed by atoms with van der Waals surface area (Å²) in [5.41, 5.74) is 6.16. The summed E-state index contributed by atoms with van der Waals surface area (Å²) in [7, 11) is 0. The van der Waals surface area contributed by atoms with Crippen molar-refractivity contribution in [3.8, 4) is 5.75 Å². The molecule has 1 heterocycles. The lowest BCUT2D eigenvalue weighted by molar-refractivity contribution is -0.274. The lowest BCUT2D eigenvalue weighted by atomic mass is 10.0. The molecule has 0 aliphatic carbocycles. The van der Waals surface area contributed by atoms with E-state index in [0.717, 1.165) is 12.8 Å². The number of likely N-dealkylation sites (tertiary alicyclic amines) is 1. The Hall–Kier alpha value is -1.76. The molecule has 0 atom stereocenters. The van der Waals surface area contributed by atoms with Crippen molar-refractivity contribution in [2.75, 3.05) is 13.1 Å². The standard InChI is InChI=1S/C15H19F3N2O2/c16-15(17,18)22-13-4-2-1-3-11(13)5-6-14(21)20-9-7-12(19)8-10-20/h1-4,12H,5-10,19H2. The summed E-state index contributed by atoms with van der Waals surface area (Å²) in [6.07, 6.45) is -2.83. The highest BCUT2D eigenvalue weighted by atomic mass is 19.4. The first kappa shape index (κ1) is 16.6. The third kappa shape index (κ3) is 4.91. The van der Waals surface area contributed by atoms with Gasteiger partial charge in [-0.15, -0.1) is 13.2 Å². The normalized spacial score (nSPS) is 16.6. The van der Waals surface area contributed by atoms with E-state index in [9.17, 15) is 18.0 Å². The highest BCUT2D eigenvalue weighted by Gasteiger charge is 2.32. The van der Waals surface area contributed by atoms with Gasteiger partial charge in [0.25, 0.3) is 0 Å². The number of hydrogen-bond donors (Lipinski definition) is 1. The number of para-hydroxylation sites is 1. The average Bonchev–Trinajstić information content (AvgIpc) is 2.45. The molecule has 7 heteroatoms. The van der Waals surface area contributed by atoms with Gasteiger partial charge in [-0.2, -0.15) is 0 Å². The Labute approximate surface area is 127 Å². The molecule has 4 nitrogen and oxygen atoms in total. The molecular formula is C15H19F3N2O2. The fraction of sp³-hybridized carbons (Fsp3) is 0.533. The van der Waals surface area contributed by atoms with Crippen molar-refractivity contribution in [1.82, 2.24) is 4.90 Å². The van der Waals surface area contributed by atoms with Gasteiger partial charge in [0, 0.05) is 25.6 Å². The van der Waals surface area contributed by atoms with Gasteiger partial charge in [-0.3, -0.25) is 4.79 Å². The topological polar surface area (TPSA) is 55.6 Å². The zero-order valence-corrected chi connectivity index (χ0v) is 12.1. The minimum atomic E-state index is -4.73. The van der Waals surface area contributed by atoms with Crippen LogP contribution in [0.2, 0.25) is 0 Å². The minimum absolute atomic E-state index is 0.0614. The molecule has 1 fully saturated rings. The SMILES string of the molecule is NC1CCN(C(=O)CCc2ccccc2OC(F)(F)F)CC1. The Morgan fingerprint density at radius 1 is 1.27 bits per heavy atom. The zero-order chi connectivity index (χ0) is 16.2. The fourth-order valence-electron chi connectivity index (χ4n) is 2.48. The number of ether oxygens (including phenoxy) is 1. The van der Waals surface area contributed by atoms with Crippen molar-refractivity contribution in [2.45, 2.75) is 38.1 Å². The Balaban J connectivity index is 1.92. The number of piperidine rings is 1. The van der Waals surface area contributed by atoms with Crippen LogP contribution in [0.25, 0.3) is 0 Å². The highest BCUT2D eigenvalue weighted by molar-refractivity contribution is 5.76. The number of nitrogens with two attached hydrogens (primary N) is 1. The van der Waals surface area contributed by atoms with E-state index in [2.05, 4.69) is 4.74 Å². The molecule has 1 saturated heterocycles. The number of benzene rings is 1. The van der Waals surface area contributed by atoms with Crippen molar-refractivity contribution in [1.29, 1.82) is 0 Å². The summed E-state index contributed by atoms with van der Waals surface area (Å²) in [4.78, 5) is 13.8. The molecule has 0 unspecified atom stereocenters. The Morgan fingerprint density at radius 3 is 2.55 bits per heavy atom. The van der Waals surface area contributed by atoms with Gasteiger partial charge in [0.1, 0.15) is 5.75 Å². The Kier molecular flexibility index (Phi) is 5.28. The molecule has 2 N–H and O–H groups in total. The van der Waals surface area contributed by atoms with Gasteiger partial charge < -0.3 is 15.4 Å². The average molecular weight is 316 g/mol. The van der Waals surface area contributed by atoms with E-state index < -0.39 is 6.36 Å². The van der Waals surface area contributed by atoms with E-state index in [1.54, 1.807) is 17.0 Å². The predicted octanol–water partition coefficient (Wildman–Crippen LogP) is 2.47. The number of nitrogens with zero attached hydrogens (tertiary/aromatic N) is 1. The minimum Gasteiger partial charge on any atom is -0.406 e. The molecular weight excluding hydrogens is 297 g/mol. The van der Waals surface area contributed by atoms with E-state index in [1.165, 1.54) is 12.1 Å². The zero-order valence-electron chi connectivity index (χ0n) is 12.1. The van der Waals surface area contributed by atoms with Crippen molar-refractivity contribution >= 4 is 5.91 Å². The molecule has 0 bridgehead atoms. The van der Waals surface area contributed by atoms with Crippen molar-refractivity contribution in [3.63, 3.8) is 0 Å². The number of hydrogen-bond acceptors (Lipinski definition) is 3. The highest BCUT2D eigenvalue weighted by Crippen LogP contribution is 2.27. The van der Waals surface area contributed by atoms with Crippen LogP contribution in [0.4, 0.5) is 13.2 Å². The molecule has 1 aliphatic rings. The predicted molar refractivity (Wildman–Crippen MR) is 75.2 cm³/mol. The summed E-state index contributed by atoms with van der Waals surface area (Å²) in [5, 5.41) is 0. The molecule has 0 radical (unpaired) electrons. The molecule has 0 saturated carbocycles. The van der Waals surface area contributed by atoms with E-state index >= 15 is 0 Å². The summed E-state index contributed by atoms with van der Waals surface area (Å²) < 4.78 is 41.0. The number of aryl methyl sites for hydroxylation is 1. The van der Waals surface area contributed by atoms with Crippen LogP contribution in [-0.2, 0) is 11.2 Å². The summed E-state index contributed by atoms with van der Waals surface area (Å²) in [6.45, 7) is 1.22. The van der Waals surface area contributed by atoms with Crippen LogP contribution in [0.5, 0.6) is 5.75 Å². The van der Waals surface area contributed by atoms with Gasteiger partial charge >= 0.3 is 6.36 Å². The largest absolute Gasteiger partial charge is 0.573 e. The maximum atomic E-state index is 12.3. The third-order valence-electron chi connectivity index (χ3n) is 3.70. The van der Waals surface area contributed by atoms with Gasteiger partial charge in [0.2, 0.25) is 5.91 Å². The maximum Gasteiger partial charge on any atom is 0.573 e. The Morgan fingerprint density at radius 2 is 1.91 bits per heavy atom. The van der Waals surface area contributed by atoms with Crippen LogP contribution in [0.3, 0.4) is 0 Å². The second kappa shape index (κ2) is 7.00. The van der Waals surface area contributed by atoms with Gasteiger partial charge in [0.05, 0.1) is 0 Å². The summed E-state index contributed by atoms with van der Waals surface area (Å²) in [6, 6.07) is 6.03. The second-order valence-electron chi connectivity index (χ2n) is 5.37. The molecule has 22 heavy (non-hydrogen) atoms. The van der Waals surface area contributed by atoms with Crippen LogP contribution in [-0.4, -0.2) is 36.3 Å². The lowest BCUT2D eigenvalue weighted by Gasteiger charge is -2.30. The van der Waals surface area contributed by atoms with Crippen LogP contribution in [0.1, 0.15) is 24.8 Å². The third-order valence-corrected chi connectivity index (χ3v) is 3.70. The van der Waals surface area contributed by atoms with Crippen LogP contribution >= 0.6 is 0 Å². The van der Waals surface area contributed by atoms with Crippen molar-refractivity contribution in [2.24, 2.45) is 5.73 Å². The summed E-state index contributed by atoms with van der Waals surface area (Å²) in [5.74, 6) is -0.308. The number of rotatable bonds is 4. The molecule has 0 spiro atoms.